The van der Waals surface area contributed by atoms with Gasteiger partial charge in [0.2, 0.25) is 0 Å². The fourth-order valence-corrected chi connectivity index (χ4v) is 4.39. The summed E-state index contributed by atoms with van der Waals surface area (Å²) >= 11 is 1.69. The number of thioether (sulfide) groups is 1. The fraction of sp³-hybridized carbons (Fsp3) is 0.800. The van der Waals surface area contributed by atoms with Crippen molar-refractivity contribution in [1.82, 2.24) is 9.55 Å². The van der Waals surface area contributed by atoms with E-state index in [0.717, 1.165) is 18.0 Å². The lowest BCUT2D eigenvalue weighted by molar-refractivity contribution is -0.0428. The van der Waals surface area contributed by atoms with E-state index in [-0.39, 0.29) is 35.5 Å². The number of nitrogens with zero attached hydrogens (tertiary/aromatic N) is 3. The monoisotopic (exact) mass is 397 g/mol. The van der Waals surface area contributed by atoms with Gasteiger partial charge in [0.1, 0.15) is 17.5 Å². The molecule has 154 valence electrons. The Labute approximate surface area is 167 Å². The number of unbranched alkanes of at least 4 members (excludes halogenated alkanes) is 1. The maximum Gasteiger partial charge on any atom is 0.351 e. The Hall–Kier alpha value is -1.05. The molecule has 1 fully saturated rings. The van der Waals surface area contributed by atoms with Crippen molar-refractivity contribution < 1.29 is 9.47 Å². The van der Waals surface area contributed by atoms with Gasteiger partial charge in [0.05, 0.1) is 12.7 Å². The van der Waals surface area contributed by atoms with E-state index in [1.807, 2.05) is 6.07 Å². The van der Waals surface area contributed by atoms with E-state index in [2.05, 4.69) is 51.4 Å². The first-order chi connectivity index (χ1) is 12.8. The molecule has 7 heteroatoms. The lowest BCUT2D eigenvalue weighted by Crippen LogP contribution is -2.39. The van der Waals surface area contributed by atoms with E-state index >= 15 is 0 Å². The van der Waals surface area contributed by atoms with Crippen molar-refractivity contribution in [2.45, 2.75) is 90.7 Å². The average Bonchev–Trinajstić information content (AvgIpc) is 3.06. The van der Waals surface area contributed by atoms with E-state index in [1.54, 1.807) is 22.5 Å². The molecule has 0 bridgehead atoms. The number of rotatable bonds is 10. The maximum absolute atomic E-state index is 12.6. The van der Waals surface area contributed by atoms with E-state index in [9.17, 15) is 4.79 Å². The van der Waals surface area contributed by atoms with Gasteiger partial charge in [-0.2, -0.15) is 4.98 Å². The van der Waals surface area contributed by atoms with Crippen LogP contribution in [0.3, 0.4) is 0 Å². The molecule has 27 heavy (non-hydrogen) atoms. The van der Waals surface area contributed by atoms with Crippen molar-refractivity contribution in [2.24, 2.45) is 0 Å². The molecule has 0 spiro atoms. The van der Waals surface area contributed by atoms with Crippen LogP contribution in [0.1, 0.15) is 67.0 Å². The lowest BCUT2D eigenvalue weighted by Gasteiger charge is -2.31. The standard InChI is InChI=1S/C20H35N3O3S/c1-7-8-9-16(6)25-12-19-26-18(13-27-19)22-11-10-17(21-20(22)24)23(14(2)3)15(4)5/h10-11,14-16,18-19H,7-9,12-13H2,1-6H3/t16?,18-,19+/m1/s1. The molecule has 0 saturated carbocycles. The zero-order valence-electron chi connectivity index (χ0n) is 17.6. The van der Waals surface area contributed by atoms with Crippen LogP contribution in [0.4, 0.5) is 5.82 Å². The molecule has 0 aromatic carbocycles. The summed E-state index contributed by atoms with van der Waals surface area (Å²) in [7, 11) is 0. The summed E-state index contributed by atoms with van der Waals surface area (Å²) in [6.07, 6.45) is 5.21. The molecule has 0 N–H and O–H groups in total. The van der Waals surface area contributed by atoms with Gasteiger partial charge in [0.15, 0.2) is 0 Å². The van der Waals surface area contributed by atoms with Crippen LogP contribution in [0.25, 0.3) is 0 Å². The van der Waals surface area contributed by atoms with Gasteiger partial charge in [-0.25, -0.2) is 4.79 Å². The highest BCUT2D eigenvalue weighted by Crippen LogP contribution is 2.31. The molecule has 0 radical (unpaired) electrons. The van der Waals surface area contributed by atoms with E-state index in [0.29, 0.717) is 6.61 Å². The Morgan fingerprint density at radius 3 is 2.63 bits per heavy atom. The van der Waals surface area contributed by atoms with Crippen molar-refractivity contribution in [3.63, 3.8) is 0 Å². The molecule has 1 aromatic heterocycles. The van der Waals surface area contributed by atoms with Crippen LogP contribution in [0.2, 0.25) is 0 Å². The minimum Gasteiger partial charge on any atom is -0.375 e. The third-order valence-corrected chi connectivity index (χ3v) is 5.81. The van der Waals surface area contributed by atoms with Gasteiger partial charge < -0.3 is 14.4 Å². The molecular weight excluding hydrogens is 362 g/mol. The van der Waals surface area contributed by atoms with Gasteiger partial charge in [-0.1, -0.05) is 19.8 Å². The van der Waals surface area contributed by atoms with Crippen LogP contribution in [0.15, 0.2) is 17.1 Å². The van der Waals surface area contributed by atoms with Crippen LogP contribution >= 0.6 is 11.8 Å². The highest BCUT2D eigenvalue weighted by atomic mass is 32.2. The molecule has 2 rings (SSSR count). The zero-order valence-corrected chi connectivity index (χ0v) is 18.4. The summed E-state index contributed by atoms with van der Waals surface area (Å²) in [6, 6.07) is 2.47. The minimum atomic E-state index is -0.282. The van der Waals surface area contributed by atoms with Crippen molar-refractivity contribution >= 4 is 17.6 Å². The second-order valence-corrected chi connectivity index (χ2v) is 8.90. The predicted octanol–water partition coefficient (Wildman–Crippen LogP) is 4.05. The average molecular weight is 398 g/mol. The number of hydrogen-bond donors (Lipinski definition) is 0. The highest BCUT2D eigenvalue weighted by molar-refractivity contribution is 8.00. The first kappa shape index (κ1) is 22.2. The second kappa shape index (κ2) is 10.5. The van der Waals surface area contributed by atoms with Crippen LogP contribution in [0, 0.1) is 0 Å². The Morgan fingerprint density at radius 2 is 2.04 bits per heavy atom. The molecule has 1 aromatic rings. The first-order valence-corrected chi connectivity index (χ1v) is 11.1. The molecule has 1 aliphatic heterocycles. The van der Waals surface area contributed by atoms with Crippen molar-refractivity contribution in [3.8, 4) is 0 Å². The molecule has 1 saturated heterocycles. The Morgan fingerprint density at radius 1 is 1.33 bits per heavy atom. The Bertz CT molecular complexity index is 627. The molecular formula is C20H35N3O3S. The SMILES string of the molecule is CCCCC(C)OC[C@H]1O[C@@H](n2ccc(N(C(C)C)C(C)C)nc2=O)CS1. The molecule has 2 heterocycles. The van der Waals surface area contributed by atoms with Gasteiger partial charge in [-0.3, -0.25) is 4.57 Å². The summed E-state index contributed by atoms with van der Waals surface area (Å²) in [5.41, 5.74) is -0.296. The topological polar surface area (TPSA) is 56.6 Å². The summed E-state index contributed by atoms with van der Waals surface area (Å²) in [6.45, 7) is 13.3. The van der Waals surface area contributed by atoms with Crippen molar-refractivity contribution in [3.05, 3.63) is 22.7 Å². The lowest BCUT2D eigenvalue weighted by atomic mass is 10.2. The summed E-state index contributed by atoms with van der Waals surface area (Å²) in [4.78, 5) is 19.0. The largest absolute Gasteiger partial charge is 0.375 e. The van der Waals surface area contributed by atoms with Crippen LogP contribution < -0.4 is 10.6 Å². The number of hydrogen-bond acceptors (Lipinski definition) is 6. The molecule has 0 amide bonds. The smallest absolute Gasteiger partial charge is 0.351 e. The fourth-order valence-electron chi connectivity index (χ4n) is 3.39. The van der Waals surface area contributed by atoms with Gasteiger partial charge in [0, 0.05) is 24.0 Å². The van der Waals surface area contributed by atoms with Crippen molar-refractivity contribution in [2.75, 3.05) is 17.3 Å². The van der Waals surface area contributed by atoms with Gasteiger partial charge in [-0.05, 0) is 47.1 Å². The van der Waals surface area contributed by atoms with Crippen molar-refractivity contribution in [1.29, 1.82) is 0 Å². The quantitative estimate of drug-likeness (QED) is 0.594. The van der Waals surface area contributed by atoms with Crippen LogP contribution in [-0.2, 0) is 9.47 Å². The first-order valence-electron chi connectivity index (χ1n) is 10.1. The summed E-state index contributed by atoms with van der Waals surface area (Å²) in [5.74, 6) is 1.45. The molecule has 1 unspecified atom stereocenters. The second-order valence-electron chi connectivity index (χ2n) is 7.71. The highest BCUT2D eigenvalue weighted by Gasteiger charge is 2.29. The van der Waals surface area contributed by atoms with Gasteiger partial charge in [-0.15, -0.1) is 11.8 Å². The maximum atomic E-state index is 12.6. The third kappa shape index (κ3) is 6.22. The van der Waals surface area contributed by atoms with E-state index in [1.165, 1.54) is 12.8 Å². The number of aromatic nitrogens is 2. The van der Waals surface area contributed by atoms with E-state index < -0.39 is 0 Å². The normalized spacial score (nSPS) is 21.2. The summed E-state index contributed by atoms with van der Waals surface area (Å²) < 4.78 is 13.5. The Kier molecular flexibility index (Phi) is 8.63. The molecule has 3 atom stereocenters. The van der Waals surface area contributed by atoms with Gasteiger partial charge >= 0.3 is 5.69 Å². The third-order valence-electron chi connectivity index (χ3n) is 4.72. The van der Waals surface area contributed by atoms with Gasteiger partial charge in [0.25, 0.3) is 0 Å². The Balaban J connectivity index is 1.96. The molecule has 6 nitrogen and oxygen atoms in total. The van der Waals surface area contributed by atoms with Crippen LogP contribution in [-0.4, -0.2) is 45.5 Å². The minimum absolute atomic E-state index is 0.0338. The number of anilines is 1. The molecule has 1 aliphatic rings. The number of ether oxygens (including phenoxy) is 2. The predicted molar refractivity (Wildman–Crippen MR) is 113 cm³/mol. The zero-order chi connectivity index (χ0) is 20.0. The molecule has 0 aliphatic carbocycles. The van der Waals surface area contributed by atoms with E-state index in [4.69, 9.17) is 9.47 Å². The van der Waals surface area contributed by atoms with Crippen LogP contribution in [0.5, 0.6) is 0 Å². The summed E-state index contributed by atoms with van der Waals surface area (Å²) in [5, 5.41) is 0.